The molecule has 0 unspecified atom stereocenters. The summed E-state index contributed by atoms with van der Waals surface area (Å²) in [6, 6.07) is 16.0. The molecule has 0 radical (unpaired) electrons. The maximum Gasteiger partial charge on any atom is 0.260 e. The Morgan fingerprint density at radius 3 is 2.59 bits per heavy atom. The number of hydrogen-bond acceptors (Lipinski definition) is 3. The molecule has 0 aliphatic carbocycles. The van der Waals surface area contributed by atoms with Gasteiger partial charge in [0.05, 0.1) is 0 Å². The molecule has 2 heterocycles. The summed E-state index contributed by atoms with van der Waals surface area (Å²) in [5, 5.41) is 0. The monoisotopic (exact) mass is 392 g/mol. The number of ether oxygens (including phenoxy) is 1. The molecule has 2 aromatic rings. The van der Waals surface area contributed by atoms with Gasteiger partial charge in [0.15, 0.2) is 6.61 Å². The average Bonchev–Trinajstić information content (AvgIpc) is 3.19. The van der Waals surface area contributed by atoms with Crippen molar-refractivity contribution in [2.45, 2.75) is 38.5 Å². The lowest BCUT2D eigenvalue weighted by molar-refractivity contribution is -0.134. The number of nitrogens with zero attached hydrogens (tertiary/aromatic N) is 2. The van der Waals surface area contributed by atoms with E-state index in [4.69, 9.17) is 4.74 Å². The highest BCUT2D eigenvalue weighted by atomic mass is 16.5. The van der Waals surface area contributed by atoms with Crippen molar-refractivity contribution in [1.29, 1.82) is 0 Å². The number of amides is 2. The molecule has 2 aromatic carbocycles. The molecule has 0 N–H and O–H groups in total. The number of carbonyl (C=O) groups excluding carboxylic acids is 2. The smallest absolute Gasteiger partial charge is 0.260 e. The molecule has 0 saturated carbocycles. The second-order valence-electron chi connectivity index (χ2n) is 7.95. The molecular weight excluding hydrogens is 364 g/mol. The Kier molecular flexibility index (Phi) is 5.84. The third-order valence-electron chi connectivity index (χ3n) is 6.04. The number of piperidine rings is 1. The van der Waals surface area contributed by atoms with Gasteiger partial charge in [0.25, 0.3) is 5.91 Å². The Morgan fingerprint density at radius 2 is 1.86 bits per heavy atom. The molecule has 29 heavy (non-hydrogen) atoms. The standard InChI is InChI=1S/C24H28N2O3/c1-18-6-2-3-9-22(18)19-11-14-25(15-12-19)24(28)17-29-21-8-4-7-20(16-21)26-13-5-10-23(26)27/h2-4,6-9,16,19H,5,10-15,17H2,1H3. The van der Waals surface area contributed by atoms with Crippen molar-refractivity contribution in [1.82, 2.24) is 4.90 Å². The highest BCUT2D eigenvalue weighted by Gasteiger charge is 2.25. The van der Waals surface area contributed by atoms with E-state index in [1.165, 1.54) is 11.1 Å². The number of carbonyl (C=O) groups is 2. The van der Waals surface area contributed by atoms with Crippen molar-refractivity contribution in [3.63, 3.8) is 0 Å². The van der Waals surface area contributed by atoms with Gasteiger partial charge in [-0.15, -0.1) is 0 Å². The minimum absolute atomic E-state index is 0.0240. The predicted molar refractivity (Wildman–Crippen MR) is 113 cm³/mol. The van der Waals surface area contributed by atoms with E-state index in [1.54, 1.807) is 4.90 Å². The maximum atomic E-state index is 12.6. The van der Waals surface area contributed by atoms with Gasteiger partial charge in [-0.2, -0.15) is 0 Å². The minimum Gasteiger partial charge on any atom is -0.484 e. The molecule has 2 fully saturated rings. The molecule has 152 valence electrons. The van der Waals surface area contributed by atoms with Gasteiger partial charge in [-0.25, -0.2) is 0 Å². The third kappa shape index (κ3) is 4.44. The van der Waals surface area contributed by atoms with Crippen LogP contribution in [0.2, 0.25) is 0 Å². The average molecular weight is 392 g/mol. The van der Waals surface area contributed by atoms with Gasteiger partial charge in [-0.1, -0.05) is 30.3 Å². The van der Waals surface area contributed by atoms with Crippen LogP contribution < -0.4 is 9.64 Å². The van der Waals surface area contributed by atoms with Crippen LogP contribution in [0.3, 0.4) is 0 Å². The van der Waals surface area contributed by atoms with Crippen LogP contribution in [0.15, 0.2) is 48.5 Å². The molecule has 2 aliphatic heterocycles. The van der Waals surface area contributed by atoms with E-state index in [9.17, 15) is 9.59 Å². The Labute approximate surface area is 172 Å². The van der Waals surface area contributed by atoms with Crippen LogP contribution in [0.4, 0.5) is 5.69 Å². The van der Waals surface area contributed by atoms with Gasteiger partial charge >= 0.3 is 0 Å². The number of anilines is 1. The van der Waals surface area contributed by atoms with E-state index in [0.29, 0.717) is 18.1 Å². The van der Waals surface area contributed by atoms with Crippen LogP contribution in [-0.2, 0) is 9.59 Å². The molecule has 2 aliphatic rings. The summed E-state index contributed by atoms with van der Waals surface area (Å²) in [4.78, 5) is 28.2. The topological polar surface area (TPSA) is 49.9 Å². The summed E-state index contributed by atoms with van der Waals surface area (Å²) in [5.41, 5.74) is 3.58. The molecular formula is C24H28N2O3. The molecule has 0 spiro atoms. The Bertz CT molecular complexity index is 887. The molecule has 2 saturated heterocycles. The summed E-state index contributed by atoms with van der Waals surface area (Å²) in [6.07, 6.45) is 3.47. The van der Waals surface area contributed by atoms with Crippen molar-refractivity contribution in [3.05, 3.63) is 59.7 Å². The SMILES string of the molecule is Cc1ccccc1C1CCN(C(=O)COc2cccc(N3CCCC3=O)c2)CC1. The minimum atomic E-state index is 0.0240. The van der Waals surface area contributed by atoms with Crippen molar-refractivity contribution >= 4 is 17.5 Å². The highest BCUT2D eigenvalue weighted by Crippen LogP contribution is 2.30. The van der Waals surface area contributed by atoms with Crippen LogP contribution in [0, 0.1) is 6.92 Å². The number of benzene rings is 2. The van der Waals surface area contributed by atoms with Gasteiger partial charge in [-0.3, -0.25) is 9.59 Å². The van der Waals surface area contributed by atoms with Crippen molar-refractivity contribution in [2.24, 2.45) is 0 Å². The van der Waals surface area contributed by atoms with Crippen molar-refractivity contribution in [3.8, 4) is 5.75 Å². The fraction of sp³-hybridized carbons (Fsp3) is 0.417. The second-order valence-corrected chi connectivity index (χ2v) is 7.95. The fourth-order valence-corrected chi connectivity index (χ4v) is 4.38. The predicted octanol–water partition coefficient (Wildman–Crippen LogP) is 3.91. The molecule has 5 nitrogen and oxygen atoms in total. The quantitative estimate of drug-likeness (QED) is 0.775. The largest absolute Gasteiger partial charge is 0.484 e. The van der Waals surface area contributed by atoms with Gasteiger partial charge < -0.3 is 14.5 Å². The highest BCUT2D eigenvalue weighted by molar-refractivity contribution is 5.95. The summed E-state index contributed by atoms with van der Waals surface area (Å²) in [7, 11) is 0. The van der Waals surface area contributed by atoms with Crippen molar-refractivity contribution < 1.29 is 14.3 Å². The van der Waals surface area contributed by atoms with E-state index in [-0.39, 0.29) is 18.4 Å². The van der Waals surface area contributed by atoms with E-state index in [1.807, 2.05) is 29.2 Å². The lowest BCUT2D eigenvalue weighted by Crippen LogP contribution is -2.40. The number of aryl methyl sites for hydroxylation is 1. The molecule has 0 aromatic heterocycles. The number of hydrogen-bond donors (Lipinski definition) is 0. The van der Waals surface area contributed by atoms with E-state index in [0.717, 1.165) is 44.6 Å². The summed E-state index contributed by atoms with van der Waals surface area (Å²) < 4.78 is 5.76. The van der Waals surface area contributed by atoms with Gasteiger partial charge in [0, 0.05) is 37.8 Å². The van der Waals surface area contributed by atoms with Gasteiger partial charge in [0.2, 0.25) is 5.91 Å². The van der Waals surface area contributed by atoms with Crippen LogP contribution in [0.1, 0.15) is 42.7 Å². The van der Waals surface area contributed by atoms with Crippen LogP contribution >= 0.6 is 0 Å². The van der Waals surface area contributed by atoms with E-state index in [2.05, 4.69) is 31.2 Å². The molecule has 0 bridgehead atoms. The maximum absolute atomic E-state index is 12.6. The lowest BCUT2D eigenvalue weighted by atomic mass is 9.87. The molecule has 5 heteroatoms. The zero-order valence-corrected chi connectivity index (χ0v) is 17.0. The second kappa shape index (κ2) is 8.68. The first kappa shape index (κ1) is 19.5. The van der Waals surface area contributed by atoms with Crippen molar-refractivity contribution in [2.75, 3.05) is 31.1 Å². The summed E-state index contributed by atoms with van der Waals surface area (Å²) in [5.74, 6) is 1.33. The van der Waals surface area contributed by atoms with Crippen LogP contribution in [-0.4, -0.2) is 43.0 Å². The van der Waals surface area contributed by atoms with E-state index >= 15 is 0 Å². The zero-order valence-electron chi connectivity index (χ0n) is 17.0. The first-order valence-corrected chi connectivity index (χ1v) is 10.5. The summed E-state index contributed by atoms with van der Waals surface area (Å²) >= 11 is 0. The first-order chi connectivity index (χ1) is 14.1. The number of rotatable bonds is 5. The van der Waals surface area contributed by atoms with Gasteiger partial charge in [-0.05, 0) is 55.4 Å². The number of likely N-dealkylation sites (tertiary alicyclic amines) is 1. The molecule has 0 atom stereocenters. The Hall–Kier alpha value is -2.82. The van der Waals surface area contributed by atoms with E-state index < -0.39 is 0 Å². The molecule has 4 rings (SSSR count). The Morgan fingerprint density at radius 1 is 1.07 bits per heavy atom. The van der Waals surface area contributed by atoms with Crippen LogP contribution in [0.5, 0.6) is 5.75 Å². The lowest BCUT2D eigenvalue weighted by Gasteiger charge is -2.32. The molecule has 2 amide bonds. The fourth-order valence-electron chi connectivity index (χ4n) is 4.38. The van der Waals surface area contributed by atoms with Crippen LogP contribution in [0.25, 0.3) is 0 Å². The summed E-state index contributed by atoms with van der Waals surface area (Å²) in [6.45, 7) is 4.47. The Balaban J connectivity index is 1.30. The third-order valence-corrected chi connectivity index (χ3v) is 6.04. The zero-order chi connectivity index (χ0) is 20.2. The first-order valence-electron chi connectivity index (χ1n) is 10.5. The normalized spacial score (nSPS) is 17.6. The van der Waals surface area contributed by atoms with Gasteiger partial charge in [0.1, 0.15) is 5.75 Å².